The molecule has 0 aliphatic carbocycles. The Balaban J connectivity index is 1.15. The molecule has 0 bridgehead atoms. The van der Waals surface area contributed by atoms with Gasteiger partial charge in [0.05, 0.1) is 5.69 Å². The molecule has 0 radical (unpaired) electrons. The zero-order valence-electron chi connectivity index (χ0n) is 32.0. The SMILES string of the molecule is c1ccc(-c2cccc(-c3c(N(c4ccc(-c5cccc6c5sc5ccccc56)cc4)c4ccc5oc6ccccc6c5c4)c4ccccc4c4ccccc34)c2)cc1. The number of benzene rings is 10. The maximum Gasteiger partial charge on any atom is 0.135 e. The maximum absolute atomic E-state index is 6.38. The van der Waals surface area contributed by atoms with Crippen LogP contribution in [0.15, 0.2) is 217 Å². The van der Waals surface area contributed by atoms with Gasteiger partial charge in [-0.05, 0) is 92.5 Å². The second-order valence-electron chi connectivity index (χ2n) is 15.2. The van der Waals surface area contributed by atoms with Gasteiger partial charge in [0.25, 0.3) is 0 Å². The molecule has 0 saturated carbocycles. The molecule has 2 nitrogen and oxygen atoms in total. The first-order valence-corrected chi connectivity index (χ1v) is 20.9. The van der Waals surface area contributed by atoms with E-state index in [1.165, 1.54) is 69.5 Å². The number of fused-ring (bicyclic) bond motifs is 9. The van der Waals surface area contributed by atoms with Crippen molar-refractivity contribution in [3.8, 4) is 33.4 Å². The van der Waals surface area contributed by atoms with Crippen molar-refractivity contribution in [3.63, 3.8) is 0 Å². The fourth-order valence-corrected chi connectivity index (χ4v) is 10.4. The van der Waals surface area contributed by atoms with E-state index in [1.807, 2.05) is 17.4 Å². The molecular weight excluding hydrogens is 735 g/mol. The van der Waals surface area contributed by atoms with Gasteiger partial charge in [-0.1, -0.05) is 164 Å². The van der Waals surface area contributed by atoms with Gasteiger partial charge < -0.3 is 9.32 Å². The molecule has 0 atom stereocenters. The van der Waals surface area contributed by atoms with Crippen molar-refractivity contribution in [2.24, 2.45) is 0 Å². The third-order valence-electron chi connectivity index (χ3n) is 11.8. The minimum Gasteiger partial charge on any atom is -0.456 e. The van der Waals surface area contributed by atoms with E-state index in [0.717, 1.165) is 44.6 Å². The average Bonchev–Trinajstić information content (AvgIpc) is 3.88. The summed E-state index contributed by atoms with van der Waals surface area (Å²) in [6.45, 7) is 0. The first kappa shape index (κ1) is 33.7. The van der Waals surface area contributed by atoms with Gasteiger partial charge in [0.1, 0.15) is 11.2 Å². The molecule has 0 amide bonds. The Labute approximate surface area is 345 Å². The molecule has 276 valence electrons. The van der Waals surface area contributed by atoms with Crippen molar-refractivity contribution in [2.75, 3.05) is 4.90 Å². The van der Waals surface area contributed by atoms with Gasteiger partial charge in [-0.15, -0.1) is 11.3 Å². The van der Waals surface area contributed by atoms with Gasteiger partial charge in [-0.2, -0.15) is 0 Å². The van der Waals surface area contributed by atoms with Crippen LogP contribution in [0.1, 0.15) is 0 Å². The van der Waals surface area contributed by atoms with Gasteiger partial charge in [-0.25, -0.2) is 0 Å². The van der Waals surface area contributed by atoms with Crippen molar-refractivity contribution in [1.82, 2.24) is 0 Å². The summed E-state index contributed by atoms with van der Waals surface area (Å²) in [5, 5.41) is 9.65. The van der Waals surface area contributed by atoms with Crippen molar-refractivity contribution >= 4 is 92.1 Å². The quantitative estimate of drug-likeness (QED) is 0.157. The van der Waals surface area contributed by atoms with Gasteiger partial charge in [0.2, 0.25) is 0 Å². The Morgan fingerprint density at radius 2 is 0.932 bits per heavy atom. The van der Waals surface area contributed by atoms with Crippen LogP contribution in [0.25, 0.3) is 97.0 Å². The molecule has 59 heavy (non-hydrogen) atoms. The minimum absolute atomic E-state index is 0.876. The Kier molecular flexibility index (Phi) is 7.75. The Morgan fingerprint density at radius 3 is 1.76 bits per heavy atom. The minimum atomic E-state index is 0.876. The first-order chi connectivity index (χ1) is 29.3. The van der Waals surface area contributed by atoms with E-state index >= 15 is 0 Å². The van der Waals surface area contributed by atoms with Crippen LogP contribution in [0.2, 0.25) is 0 Å². The predicted octanol–water partition coefficient (Wildman–Crippen LogP) is 16.7. The van der Waals surface area contributed by atoms with E-state index in [9.17, 15) is 0 Å². The van der Waals surface area contributed by atoms with E-state index in [4.69, 9.17) is 4.42 Å². The Morgan fingerprint density at radius 1 is 0.339 bits per heavy atom. The topological polar surface area (TPSA) is 16.4 Å². The highest BCUT2D eigenvalue weighted by molar-refractivity contribution is 7.26. The number of rotatable bonds is 6. The fourth-order valence-electron chi connectivity index (χ4n) is 9.16. The molecule has 0 fully saturated rings. The molecule has 2 aromatic heterocycles. The molecule has 0 spiro atoms. The monoisotopic (exact) mass is 769 g/mol. The highest BCUT2D eigenvalue weighted by Crippen LogP contribution is 2.51. The zero-order chi connectivity index (χ0) is 38.9. The molecule has 2 heterocycles. The summed E-state index contributed by atoms with van der Waals surface area (Å²) in [6.07, 6.45) is 0. The molecule has 0 unspecified atom stereocenters. The van der Waals surface area contributed by atoms with Crippen LogP contribution in [-0.4, -0.2) is 0 Å². The van der Waals surface area contributed by atoms with Crippen LogP contribution >= 0.6 is 11.3 Å². The van der Waals surface area contributed by atoms with Crippen LogP contribution in [0, 0.1) is 0 Å². The molecule has 12 aromatic rings. The highest BCUT2D eigenvalue weighted by Gasteiger charge is 2.25. The van der Waals surface area contributed by atoms with Gasteiger partial charge >= 0.3 is 0 Å². The Hall–Kier alpha value is -7.46. The lowest BCUT2D eigenvalue weighted by Gasteiger charge is -2.31. The van der Waals surface area contributed by atoms with Crippen LogP contribution < -0.4 is 4.90 Å². The molecular formula is C56H35NOS. The van der Waals surface area contributed by atoms with E-state index in [-0.39, 0.29) is 0 Å². The normalized spacial score (nSPS) is 11.7. The second kappa shape index (κ2) is 13.6. The molecule has 0 saturated heterocycles. The average molecular weight is 770 g/mol. The zero-order valence-corrected chi connectivity index (χ0v) is 32.8. The summed E-state index contributed by atoms with van der Waals surface area (Å²) in [6, 6.07) is 77.1. The van der Waals surface area contributed by atoms with E-state index < -0.39 is 0 Å². The number of hydrogen-bond acceptors (Lipinski definition) is 3. The van der Waals surface area contributed by atoms with Crippen LogP contribution in [-0.2, 0) is 0 Å². The summed E-state index contributed by atoms with van der Waals surface area (Å²) in [5.74, 6) is 0. The smallest absolute Gasteiger partial charge is 0.135 e. The second-order valence-corrected chi connectivity index (χ2v) is 16.3. The van der Waals surface area contributed by atoms with Crippen molar-refractivity contribution in [2.45, 2.75) is 0 Å². The van der Waals surface area contributed by atoms with Gasteiger partial charge in [0, 0.05) is 53.3 Å². The van der Waals surface area contributed by atoms with E-state index in [1.54, 1.807) is 0 Å². The summed E-state index contributed by atoms with van der Waals surface area (Å²) in [7, 11) is 0. The maximum atomic E-state index is 6.38. The third kappa shape index (κ3) is 5.47. The van der Waals surface area contributed by atoms with Crippen molar-refractivity contribution in [3.05, 3.63) is 212 Å². The largest absolute Gasteiger partial charge is 0.456 e. The third-order valence-corrected chi connectivity index (χ3v) is 13.1. The lowest BCUT2D eigenvalue weighted by molar-refractivity contribution is 0.669. The van der Waals surface area contributed by atoms with Crippen LogP contribution in [0.4, 0.5) is 17.1 Å². The summed E-state index contributed by atoms with van der Waals surface area (Å²) < 4.78 is 9.01. The van der Waals surface area contributed by atoms with Crippen molar-refractivity contribution in [1.29, 1.82) is 0 Å². The van der Waals surface area contributed by atoms with Crippen LogP contribution in [0.3, 0.4) is 0 Å². The van der Waals surface area contributed by atoms with Crippen molar-refractivity contribution < 1.29 is 4.42 Å². The molecule has 12 rings (SSSR count). The van der Waals surface area contributed by atoms with Gasteiger partial charge in [-0.3, -0.25) is 0 Å². The van der Waals surface area contributed by atoms with E-state index in [0.29, 0.717) is 0 Å². The summed E-state index contributed by atoms with van der Waals surface area (Å²) in [4.78, 5) is 2.48. The standard InChI is InChI=1S/C56H35NOS/c1-2-14-36(15-3-1)38-16-12-17-39(34-38)54-47-22-6-4-18-43(47)44-19-5-7-23-48(44)55(54)57(41-32-33-52-50(35-41)45-20-8-10-26-51(45)58-52)40-30-28-37(29-31-40)42-24-13-25-49-46-21-9-11-27-53(46)59-56(42)49/h1-35H. The Bertz CT molecular complexity index is 3560. The molecule has 10 aromatic carbocycles. The lowest BCUT2D eigenvalue weighted by Crippen LogP contribution is -2.12. The van der Waals surface area contributed by atoms with Gasteiger partial charge in [0.15, 0.2) is 0 Å². The number of furan rings is 1. The number of nitrogens with zero attached hydrogens (tertiary/aromatic N) is 1. The summed E-state index contributed by atoms with van der Waals surface area (Å²) >= 11 is 1.87. The number of anilines is 3. The molecule has 0 aliphatic heterocycles. The van der Waals surface area contributed by atoms with Crippen LogP contribution in [0.5, 0.6) is 0 Å². The number of hydrogen-bond donors (Lipinski definition) is 0. The fraction of sp³-hybridized carbons (Fsp3) is 0. The van der Waals surface area contributed by atoms with E-state index in [2.05, 4.69) is 211 Å². The predicted molar refractivity (Wildman–Crippen MR) is 253 cm³/mol. The number of para-hydroxylation sites is 1. The molecule has 0 N–H and O–H groups in total. The first-order valence-electron chi connectivity index (χ1n) is 20.1. The lowest BCUT2D eigenvalue weighted by atomic mass is 9.88. The highest BCUT2D eigenvalue weighted by atomic mass is 32.1. The number of thiophene rings is 1. The summed E-state index contributed by atoms with van der Waals surface area (Å²) in [5.41, 5.74) is 12.2. The molecule has 3 heteroatoms. The molecule has 0 aliphatic rings.